The van der Waals surface area contributed by atoms with Crippen molar-refractivity contribution < 1.29 is 33.7 Å². The number of aliphatic hydroxyl groups is 1. The number of rotatable bonds is 6. The molecule has 0 radical (unpaired) electrons. The van der Waals surface area contributed by atoms with Crippen LogP contribution in [0.5, 0.6) is 11.5 Å². The van der Waals surface area contributed by atoms with Gasteiger partial charge in [-0.1, -0.05) is 18.2 Å². The predicted molar refractivity (Wildman–Crippen MR) is 138 cm³/mol. The number of aliphatic hydroxyl groups excluding tert-OH is 1. The van der Waals surface area contributed by atoms with Crippen molar-refractivity contribution in [1.29, 1.82) is 0 Å². The largest absolute Gasteiger partial charge is 0.507 e. The lowest BCUT2D eigenvalue weighted by molar-refractivity contribution is -0.132. The van der Waals surface area contributed by atoms with Gasteiger partial charge < -0.3 is 19.3 Å². The third kappa shape index (κ3) is 4.42. The number of carbonyl (C=O) groups is 3. The minimum Gasteiger partial charge on any atom is -0.507 e. The van der Waals surface area contributed by atoms with Crippen LogP contribution in [0.4, 0.5) is 5.69 Å². The lowest BCUT2D eigenvalue weighted by Gasteiger charge is -2.27. The number of benzene rings is 3. The summed E-state index contributed by atoms with van der Waals surface area (Å²) in [6.45, 7) is 3.62. The van der Waals surface area contributed by atoms with Crippen LogP contribution in [0, 0.1) is 13.8 Å². The third-order valence-corrected chi connectivity index (χ3v) is 6.44. The first-order chi connectivity index (χ1) is 17.7. The van der Waals surface area contributed by atoms with Crippen LogP contribution in [0.1, 0.15) is 38.7 Å². The van der Waals surface area contributed by atoms with Crippen molar-refractivity contribution in [2.75, 3.05) is 26.2 Å². The molecular formula is C29H27NO7. The summed E-state index contributed by atoms with van der Waals surface area (Å²) in [6, 6.07) is 15.6. The van der Waals surface area contributed by atoms with E-state index >= 15 is 0 Å². The number of para-hydroxylation sites is 1. The number of ketones is 1. The zero-order valence-corrected chi connectivity index (χ0v) is 21.2. The maximum absolute atomic E-state index is 13.5. The van der Waals surface area contributed by atoms with Gasteiger partial charge in [0.1, 0.15) is 17.3 Å². The molecule has 0 aliphatic carbocycles. The van der Waals surface area contributed by atoms with Crippen molar-refractivity contribution in [2.45, 2.75) is 19.9 Å². The summed E-state index contributed by atoms with van der Waals surface area (Å²) < 4.78 is 15.7. The quantitative estimate of drug-likeness (QED) is 0.225. The number of ether oxygens (including phenoxy) is 3. The molecule has 4 rings (SSSR count). The highest BCUT2D eigenvalue weighted by Crippen LogP contribution is 2.45. The van der Waals surface area contributed by atoms with E-state index < -0.39 is 23.7 Å². The van der Waals surface area contributed by atoms with Crippen molar-refractivity contribution in [3.63, 3.8) is 0 Å². The summed E-state index contributed by atoms with van der Waals surface area (Å²) in [4.78, 5) is 40.1. The van der Waals surface area contributed by atoms with Crippen LogP contribution in [0.15, 0.2) is 66.2 Å². The van der Waals surface area contributed by atoms with Gasteiger partial charge in [-0.25, -0.2) is 4.79 Å². The second kappa shape index (κ2) is 10.2. The molecule has 1 fully saturated rings. The molecule has 3 aromatic carbocycles. The molecule has 0 aromatic heterocycles. The topological polar surface area (TPSA) is 102 Å². The molecule has 1 heterocycles. The average Bonchev–Trinajstić information content (AvgIpc) is 3.18. The molecule has 0 saturated carbocycles. The first-order valence-corrected chi connectivity index (χ1v) is 11.5. The van der Waals surface area contributed by atoms with Gasteiger partial charge in [0.05, 0.1) is 38.5 Å². The van der Waals surface area contributed by atoms with E-state index in [1.807, 2.05) is 6.92 Å². The fourth-order valence-electron chi connectivity index (χ4n) is 4.57. The lowest BCUT2D eigenvalue weighted by atomic mass is 9.92. The minimum absolute atomic E-state index is 0.0702. The summed E-state index contributed by atoms with van der Waals surface area (Å²) in [6.07, 6.45) is 0. The van der Waals surface area contributed by atoms with Crippen LogP contribution in [-0.4, -0.2) is 44.1 Å². The highest BCUT2D eigenvalue weighted by atomic mass is 16.5. The second-order valence-corrected chi connectivity index (χ2v) is 8.59. The Bertz CT molecular complexity index is 1420. The molecule has 0 spiro atoms. The molecule has 8 nitrogen and oxygen atoms in total. The number of anilines is 1. The van der Waals surface area contributed by atoms with Gasteiger partial charge in [-0.15, -0.1) is 0 Å². The highest BCUT2D eigenvalue weighted by molar-refractivity contribution is 6.51. The molecule has 1 N–H and O–H groups in total. The van der Waals surface area contributed by atoms with E-state index in [2.05, 4.69) is 0 Å². The van der Waals surface area contributed by atoms with Gasteiger partial charge in [0.15, 0.2) is 0 Å². The summed E-state index contributed by atoms with van der Waals surface area (Å²) in [5, 5.41) is 11.5. The van der Waals surface area contributed by atoms with Crippen molar-refractivity contribution in [3.05, 3.63) is 94.1 Å². The molecule has 1 aliphatic rings. The van der Waals surface area contributed by atoms with Gasteiger partial charge >= 0.3 is 5.97 Å². The number of hydrogen-bond acceptors (Lipinski definition) is 7. The fourth-order valence-corrected chi connectivity index (χ4v) is 4.57. The molecular weight excluding hydrogens is 474 g/mol. The molecule has 1 atom stereocenters. The fraction of sp³-hybridized carbons (Fsp3) is 0.207. The Balaban J connectivity index is 1.96. The van der Waals surface area contributed by atoms with E-state index in [1.54, 1.807) is 62.6 Å². The molecule has 1 aliphatic heterocycles. The summed E-state index contributed by atoms with van der Waals surface area (Å²) in [5.41, 5.74) is 2.96. The first-order valence-electron chi connectivity index (χ1n) is 11.5. The van der Waals surface area contributed by atoms with E-state index in [1.165, 1.54) is 31.3 Å². The molecule has 37 heavy (non-hydrogen) atoms. The van der Waals surface area contributed by atoms with Crippen molar-refractivity contribution >= 4 is 29.1 Å². The van der Waals surface area contributed by atoms with E-state index in [0.29, 0.717) is 39.4 Å². The van der Waals surface area contributed by atoms with Crippen molar-refractivity contribution in [1.82, 2.24) is 0 Å². The molecule has 8 heteroatoms. The Kier molecular flexibility index (Phi) is 7.02. The van der Waals surface area contributed by atoms with E-state index in [9.17, 15) is 19.5 Å². The Morgan fingerprint density at radius 2 is 1.51 bits per heavy atom. The normalized spacial score (nSPS) is 16.6. The van der Waals surface area contributed by atoms with Gasteiger partial charge in [0.2, 0.25) is 0 Å². The minimum atomic E-state index is -0.984. The lowest BCUT2D eigenvalue weighted by Crippen LogP contribution is -2.29. The monoisotopic (exact) mass is 501 g/mol. The zero-order valence-electron chi connectivity index (χ0n) is 21.2. The molecule has 3 aromatic rings. The number of amides is 1. The van der Waals surface area contributed by atoms with E-state index in [0.717, 1.165) is 5.56 Å². The number of esters is 1. The van der Waals surface area contributed by atoms with Gasteiger partial charge in [-0.05, 0) is 67.4 Å². The van der Waals surface area contributed by atoms with E-state index in [-0.39, 0.29) is 11.3 Å². The third-order valence-electron chi connectivity index (χ3n) is 6.44. The van der Waals surface area contributed by atoms with Crippen LogP contribution in [0.25, 0.3) is 5.76 Å². The summed E-state index contributed by atoms with van der Waals surface area (Å²) in [7, 11) is 4.33. The van der Waals surface area contributed by atoms with Crippen LogP contribution >= 0.6 is 0 Å². The highest BCUT2D eigenvalue weighted by Gasteiger charge is 2.48. The number of nitrogens with zero attached hydrogens (tertiary/aromatic N) is 1. The maximum atomic E-state index is 13.5. The SMILES string of the molecule is COC(=O)c1ccc(N2C(=O)C(=O)/C(=C(/O)c3cc(C)c(OC)cc3C)C2c2ccccc2OC)cc1. The molecule has 1 unspecified atom stereocenters. The molecule has 1 saturated heterocycles. The molecule has 190 valence electrons. The Hall–Kier alpha value is -4.59. The molecule has 0 bridgehead atoms. The average molecular weight is 502 g/mol. The van der Waals surface area contributed by atoms with Crippen LogP contribution in [-0.2, 0) is 14.3 Å². The van der Waals surface area contributed by atoms with Crippen LogP contribution < -0.4 is 14.4 Å². The standard InChI is InChI=1S/C29H27NO7/c1-16-15-23(36-4)17(2)14-21(16)26(31)24-25(20-8-6-7-9-22(20)35-3)30(28(33)27(24)32)19-12-10-18(11-13-19)29(34)37-5/h6-15,25,31H,1-5H3/b26-24+. The van der Waals surface area contributed by atoms with Gasteiger partial charge in [-0.3, -0.25) is 14.5 Å². The summed E-state index contributed by atoms with van der Waals surface area (Å²) in [5.74, 6) is -1.39. The predicted octanol–water partition coefficient (Wildman–Crippen LogP) is 4.73. The van der Waals surface area contributed by atoms with Crippen molar-refractivity contribution in [3.8, 4) is 11.5 Å². The number of carbonyl (C=O) groups excluding carboxylic acids is 3. The van der Waals surface area contributed by atoms with Gasteiger partial charge in [-0.2, -0.15) is 0 Å². The molecule has 1 amide bonds. The Morgan fingerprint density at radius 1 is 0.865 bits per heavy atom. The Morgan fingerprint density at radius 3 is 2.14 bits per heavy atom. The van der Waals surface area contributed by atoms with Crippen LogP contribution in [0.3, 0.4) is 0 Å². The van der Waals surface area contributed by atoms with Crippen LogP contribution in [0.2, 0.25) is 0 Å². The number of hydrogen-bond donors (Lipinski definition) is 1. The second-order valence-electron chi connectivity index (χ2n) is 8.59. The van der Waals surface area contributed by atoms with Gasteiger partial charge in [0, 0.05) is 16.8 Å². The summed E-state index contributed by atoms with van der Waals surface area (Å²) >= 11 is 0. The zero-order chi connectivity index (χ0) is 26.9. The first kappa shape index (κ1) is 25.5. The number of methoxy groups -OCH3 is 3. The maximum Gasteiger partial charge on any atom is 0.337 e. The number of Topliss-reactive ketones (excluding diaryl/α,β-unsaturated/α-hetero) is 1. The van der Waals surface area contributed by atoms with E-state index in [4.69, 9.17) is 14.2 Å². The Labute approximate surface area is 214 Å². The van der Waals surface area contributed by atoms with Crippen molar-refractivity contribution in [2.24, 2.45) is 0 Å². The smallest absolute Gasteiger partial charge is 0.337 e. The number of aryl methyl sites for hydroxylation is 2. The van der Waals surface area contributed by atoms with Gasteiger partial charge in [0.25, 0.3) is 11.7 Å².